The van der Waals surface area contributed by atoms with Gasteiger partial charge in [-0.1, -0.05) is 0 Å². The van der Waals surface area contributed by atoms with Gasteiger partial charge >= 0.3 is 92.3 Å². The molecule has 0 saturated carbocycles. The molecule has 12 heteroatoms. The first kappa shape index (κ1) is 24.2. The van der Waals surface area contributed by atoms with Crippen LogP contribution in [0.4, 0.5) is 0 Å². The van der Waals surface area contributed by atoms with Crippen LogP contribution in [0.1, 0.15) is 0 Å². The van der Waals surface area contributed by atoms with Gasteiger partial charge in [-0.2, -0.15) is 7.82 Å². The van der Waals surface area contributed by atoms with Crippen molar-refractivity contribution in [2.75, 3.05) is 0 Å². The summed E-state index contributed by atoms with van der Waals surface area (Å²) in [5.74, 6) is 0. The topological polar surface area (TPSA) is 170 Å². The molecule has 0 aromatic rings. The number of hydrogen-bond acceptors (Lipinski definition) is 8. The molecule has 0 aromatic carbocycles. The fourth-order valence-corrected chi connectivity index (χ4v) is 0. The second-order valence-electron chi connectivity index (χ2n) is 1.02. The normalized spacial score (nSPS) is 9.92. The van der Waals surface area contributed by atoms with Crippen LogP contribution in [0.2, 0.25) is 0 Å². The molecule has 0 rings (SSSR count). The van der Waals surface area contributed by atoms with Crippen LogP contribution in [0.3, 0.4) is 0 Å². The summed E-state index contributed by atoms with van der Waals surface area (Å²) in [5.41, 5.74) is 0. The predicted octanol–water partition coefficient (Wildman–Crippen LogP) is -6.83. The van der Waals surface area contributed by atoms with E-state index in [9.17, 15) is 0 Å². The Morgan fingerprint density at radius 1 is 1.08 bits per heavy atom. The Bertz CT molecular complexity index is 111. The second-order valence-corrected chi connectivity index (χ2v) is 3.06. The summed E-state index contributed by atoms with van der Waals surface area (Å²) < 4.78 is 8.55. The van der Waals surface area contributed by atoms with Crippen LogP contribution in [0.25, 0.3) is 0 Å². The van der Waals surface area contributed by atoms with Crippen LogP contribution in [-0.4, -0.2) is 107 Å². The van der Waals surface area contributed by atoms with Crippen molar-refractivity contribution in [3.8, 4) is 0 Å². The van der Waals surface area contributed by atoms with Crippen molar-refractivity contribution in [3.63, 3.8) is 0 Å². The molecule has 0 bridgehead atoms. The Morgan fingerprint density at radius 2 is 1.08 bits per heavy atom. The van der Waals surface area contributed by atoms with Gasteiger partial charge in [0, 0.05) is 0 Å². The third-order valence-electron chi connectivity index (χ3n) is 0. The quantitative estimate of drug-likeness (QED) is 0.292. The van der Waals surface area contributed by atoms with Gasteiger partial charge in [-0.05, 0) is 0 Å². The molecule has 0 aliphatic rings. The summed E-state index contributed by atoms with van der Waals surface area (Å²) in [6, 6.07) is 0. The van der Waals surface area contributed by atoms with E-state index in [0.29, 0.717) is 0 Å². The van der Waals surface area contributed by atoms with Crippen molar-refractivity contribution < 1.29 is 38.4 Å². The van der Waals surface area contributed by atoms with E-state index in [1.54, 1.807) is 0 Å². The van der Waals surface area contributed by atoms with Crippen LogP contribution in [0.5, 0.6) is 0 Å². The zero-order valence-corrected chi connectivity index (χ0v) is 13.3. The largest absolute Gasteiger partial charge is 2.00 e. The molecule has 8 nitrogen and oxygen atoms in total. The van der Waals surface area contributed by atoms with Gasteiger partial charge < -0.3 is 38.4 Å². The molecule has 3 N–H and O–H groups in total. The fourth-order valence-electron chi connectivity index (χ4n) is 0. The first-order valence-corrected chi connectivity index (χ1v) is 4.82. The van der Waals surface area contributed by atoms with Gasteiger partial charge in [0.15, 0.2) is 0 Å². The van der Waals surface area contributed by atoms with Gasteiger partial charge in [0.25, 0.3) is 0 Å². The molecular formula is H3CaO8PSiSr. The van der Waals surface area contributed by atoms with Crippen molar-refractivity contribution in [2.45, 2.75) is 0 Å². The molecule has 0 aliphatic carbocycles. The van der Waals surface area contributed by atoms with Gasteiger partial charge in [-0.15, -0.1) is 0 Å². The van der Waals surface area contributed by atoms with Crippen molar-refractivity contribution >= 4 is 100 Å². The Kier molecular flexibility index (Phi) is 21.1. The van der Waals surface area contributed by atoms with Crippen LogP contribution >= 0.6 is 7.82 Å². The first-order valence-electron chi connectivity index (χ1n) is 1.61. The van der Waals surface area contributed by atoms with Crippen molar-refractivity contribution in [2.24, 2.45) is 0 Å². The van der Waals surface area contributed by atoms with E-state index in [2.05, 4.69) is 0 Å². The molecular weight excluding hydrogens is 315 g/mol. The Morgan fingerprint density at radius 3 is 1.08 bits per heavy atom. The maximum Gasteiger partial charge on any atom is 2.00 e. The molecule has 0 heterocycles. The molecule has 0 spiro atoms. The minimum Gasteiger partial charge on any atom is -0.822 e. The van der Waals surface area contributed by atoms with E-state index in [1.165, 1.54) is 0 Å². The Balaban J connectivity index is -0.0000000457. The van der Waals surface area contributed by atoms with E-state index in [-0.39, 0.29) is 83.2 Å². The monoisotopic (exact) mass is 318 g/mol. The zero-order valence-electron chi connectivity index (χ0n) is 5.74. The van der Waals surface area contributed by atoms with E-state index >= 15 is 0 Å². The third kappa shape index (κ3) is 217. The number of rotatable bonds is 0. The average molecular weight is 318 g/mol. The van der Waals surface area contributed by atoms with Gasteiger partial charge in [0.1, 0.15) is 0 Å². The maximum absolute atomic E-state index is 8.91. The number of hydrogen-bond donors (Lipinski definition) is 3. The molecule has 0 fully saturated rings. The molecule has 64 valence electrons. The minimum absolute atomic E-state index is 0. The van der Waals surface area contributed by atoms with Crippen LogP contribution < -0.4 is 19.5 Å². The Hall–Kier alpha value is 2.91. The Labute approximate surface area is 136 Å². The molecule has 0 atom stereocenters. The van der Waals surface area contributed by atoms with Crippen molar-refractivity contribution in [1.29, 1.82) is 0 Å². The average Bonchev–Trinajstić information content (AvgIpc) is 1.12. The molecule has 0 aliphatic heterocycles. The summed E-state index contributed by atoms with van der Waals surface area (Å²) in [4.78, 5) is 56.2. The van der Waals surface area contributed by atoms with Gasteiger partial charge in [0.2, 0.25) is 0 Å². The van der Waals surface area contributed by atoms with Gasteiger partial charge in [0.05, 0.1) is 0 Å². The van der Waals surface area contributed by atoms with Crippen LogP contribution in [-0.2, 0) is 4.57 Å². The van der Waals surface area contributed by atoms with E-state index in [4.69, 9.17) is 38.4 Å². The number of phosphoric acid groups is 1. The molecule has 0 radical (unpaired) electrons. The standard InChI is InChI=1S/Ca.H3O4P.H3O4Si.Sr/c;2*1-5(2,3)4;/h;(H3,1,2,3,4);1-3H;/q+2;;-1;+2/p-3. The maximum atomic E-state index is 8.91. The molecule has 12 heavy (non-hydrogen) atoms. The first-order chi connectivity index (χ1) is 4.00. The summed E-state index contributed by atoms with van der Waals surface area (Å²) in [6.45, 7) is 0. The van der Waals surface area contributed by atoms with Crippen molar-refractivity contribution in [3.05, 3.63) is 0 Å². The second kappa shape index (κ2) is 10.4. The van der Waals surface area contributed by atoms with E-state index in [0.717, 1.165) is 0 Å². The summed E-state index contributed by atoms with van der Waals surface area (Å²) in [7, 11) is -10.2. The summed E-state index contributed by atoms with van der Waals surface area (Å²) in [6.07, 6.45) is 0. The smallest absolute Gasteiger partial charge is 0.822 e. The fraction of sp³-hybridized carbons (Fsp3) is 0. The SMILES string of the molecule is O=P([O-])([O-])[O-].[Ca+2].[O-][Si](O)(O)O.[Sr+2]. The summed E-state index contributed by atoms with van der Waals surface area (Å²) >= 11 is 0. The zero-order chi connectivity index (χ0) is 9.00. The minimum atomic E-state index is -5.39. The van der Waals surface area contributed by atoms with Gasteiger partial charge in [-0.3, -0.25) is 0 Å². The van der Waals surface area contributed by atoms with Crippen LogP contribution in [0.15, 0.2) is 0 Å². The molecule has 0 saturated heterocycles. The van der Waals surface area contributed by atoms with Crippen molar-refractivity contribution in [1.82, 2.24) is 0 Å². The third-order valence-corrected chi connectivity index (χ3v) is 0. The van der Waals surface area contributed by atoms with E-state index < -0.39 is 16.9 Å². The van der Waals surface area contributed by atoms with Gasteiger partial charge in [-0.25, -0.2) is 0 Å². The molecule has 0 amide bonds. The molecule has 0 aromatic heterocycles. The van der Waals surface area contributed by atoms with E-state index in [1.807, 2.05) is 0 Å². The van der Waals surface area contributed by atoms with Crippen LogP contribution in [0, 0.1) is 0 Å². The summed E-state index contributed by atoms with van der Waals surface area (Å²) in [5, 5.41) is 0. The molecule has 0 unspecified atom stereocenters. The predicted molar refractivity (Wildman–Crippen MR) is 31.5 cm³/mol.